The third-order valence-electron chi connectivity index (χ3n) is 7.05. The van der Waals surface area contributed by atoms with Gasteiger partial charge in [-0.3, -0.25) is 4.79 Å². The van der Waals surface area contributed by atoms with Crippen LogP contribution in [0.3, 0.4) is 0 Å². The number of methoxy groups -OCH3 is 1. The summed E-state index contributed by atoms with van der Waals surface area (Å²) in [6.45, 7) is 9.06. The molecule has 1 fully saturated rings. The predicted molar refractivity (Wildman–Crippen MR) is 143 cm³/mol. The van der Waals surface area contributed by atoms with Crippen molar-refractivity contribution in [1.29, 1.82) is 0 Å². The lowest BCUT2D eigenvalue weighted by molar-refractivity contribution is 0.0882. The minimum Gasteiger partial charge on any atom is -0.496 e. The number of hydrogen-bond donors (Lipinski definition) is 0. The Morgan fingerprint density at radius 2 is 1.86 bits per heavy atom. The van der Waals surface area contributed by atoms with Crippen molar-refractivity contribution in [2.24, 2.45) is 5.92 Å². The van der Waals surface area contributed by atoms with E-state index in [0.717, 1.165) is 22.8 Å². The molecule has 1 saturated heterocycles. The van der Waals surface area contributed by atoms with Crippen molar-refractivity contribution in [1.82, 2.24) is 14.3 Å². The zero-order valence-electron chi connectivity index (χ0n) is 22.2. The number of sulfonamides is 1. The lowest BCUT2D eigenvalue weighted by Crippen LogP contribution is -2.41. The van der Waals surface area contributed by atoms with Gasteiger partial charge in [-0.25, -0.2) is 14.3 Å². The van der Waals surface area contributed by atoms with E-state index in [-0.39, 0.29) is 22.0 Å². The number of hydrogen-bond acceptors (Lipinski definition) is 7. The highest BCUT2D eigenvalue weighted by atomic mass is 32.2. The van der Waals surface area contributed by atoms with Crippen LogP contribution in [0.15, 0.2) is 65.8 Å². The summed E-state index contributed by atoms with van der Waals surface area (Å²) in [6, 6.07) is 15.7. The molecule has 1 amide bonds. The monoisotopic (exact) mass is 522 g/mol. The molecule has 37 heavy (non-hydrogen) atoms. The van der Waals surface area contributed by atoms with Gasteiger partial charge in [-0.2, -0.15) is 8.42 Å². The summed E-state index contributed by atoms with van der Waals surface area (Å²) in [7, 11) is -1.36. The number of ether oxygens (including phenoxy) is 1. The van der Waals surface area contributed by atoms with Gasteiger partial charge in [-0.05, 0) is 56.5 Å². The second kappa shape index (κ2) is 10.1. The van der Waals surface area contributed by atoms with Crippen LogP contribution in [0.25, 0.3) is 0 Å². The quantitative estimate of drug-likeness (QED) is 0.443. The van der Waals surface area contributed by atoms with Crippen molar-refractivity contribution in [2.45, 2.75) is 50.6 Å². The van der Waals surface area contributed by atoms with Crippen molar-refractivity contribution in [2.75, 3.05) is 25.6 Å². The van der Waals surface area contributed by atoms with Crippen LogP contribution in [-0.4, -0.2) is 54.8 Å². The molecule has 2 atom stereocenters. The summed E-state index contributed by atoms with van der Waals surface area (Å²) >= 11 is 0. The van der Waals surface area contributed by atoms with E-state index in [1.807, 2.05) is 31.2 Å². The standard InChI is InChI=1S/C28H34N4O4S/c1-19-17-28(3,4)32(18-19)26-22(12-10-16-29-26)27(33)31(5)37(34,35)25-15-9-13-23(30-25)20(2)21-11-7-8-14-24(21)36-6/h7-16,19-20H,17-18H2,1-6H3. The van der Waals surface area contributed by atoms with Gasteiger partial charge >= 0.3 is 0 Å². The number of pyridine rings is 2. The highest BCUT2D eigenvalue weighted by Gasteiger charge is 2.40. The number of aromatic nitrogens is 2. The maximum Gasteiger partial charge on any atom is 0.283 e. The summed E-state index contributed by atoms with van der Waals surface area (Å²) in [4.78, 5) is 24.6. The molecule has 1 aliphatic heterocycles. The molecule has 3 aromatic rings. The fourth-order valence-electron chi connectivity index (χ4n) is 5.16. The van der Waals surface area contributed by atoms with Gasteiger partial charge < -0.3 is 9.64 Å². The van der Waals surface area contributed by atoms with Gasteiger partial charge in [0, 0.05) is 42.5 Å². The van der Waals surface area contributed by atoms with Crippen molar-refractivity contribution < 1.29 is 17.9 Å². The van der Waals surface area contributed by atoms with Crippen LogP contribution >= 0.6 is 0 Å². The molecule has 0 spiro atoms. The van der Waals surface area contributed by atoms with E-state index >= 15 is 0 Å². The third kappa shape index (κ3) is 5.05. The van der Waals surface area contributed by atoms with Crippen LogP contribution in [-0.2, 0) is 10.0 Å². The molecule has 9 heteroatoms. The molecular formula is C28H34N4O4S. The van der Waals surface area contributed by atoms with Gasteiger partial charge in [0.25, 0.3) is 15.9 Å². The van der Waals surface area contributed by atoms with Crippen LogP contribution in [0.4, 0.5) is 5.82 Å². The third-order valence-corrected chi connectivity index (χ3v) is 8.69. The van der Waals surface area contributed by atoms with E-state index in [1.54, 1.807) is 37.6 Å². The fraction of sp³-hybridized carbons (Fsp3) is 0.393. The van der Waals surface area contributed by atoms with Crippen molar-refractivity contribution in [3.63, 3.8) is 0 Å². The van der Waals surface area contributed by atoms with E-state index in [4.69, 9.17) is 4.74 Å². The number of amides is 1. The zero-order valence-corrected chi connectivity index (χ0v) is 23.0. The average Bonchev–Trinajstić information content (AvgIpc) is 3.18. The molecule has 8 nitrogen and oxygen atoms in total. The van der Waals surface area contributed by atoms with Crippen LogP contribution in [0, 0.1) is 5.92 Å². The van der Waals surface area contributed by atoms with E-state index in [1.165, 1.54) is 13.1 Å². The van der Waals surface area contributed by atoms with Crippen LogP contribution in [0.5, 0.6) is 5.75 Å². The second-order valence-corrected chi connectivity index (χ2v) is 12.2. The maximum atomic E-state index is 13.6. The van der Waals surface area contributed by atoms with E-state index in [0.29, 0.717) is 23.2 Å². The van der Waals surface area contributed by atoms with E-state index in [9.17, 15) is 13.2 Å². The second-order valence-electron chi connectivity index (χ2n) is 10.2. The SMILES string of the molecule is COc1ccccc1C(C)c1cccc(S(=O)(=O)N(C)C(=O)c2cccnc2N2CC(C)CC2(C)C)n1. The van der Waals surface area contributed by atoms with E-state index in [2.05, 4.69) is 35.6 Å². The highest BCUT2D eigenvalue weighted by Crippen LogP contribution is 2.37. The lowest BCUT2D eigenvalue weighted by Gasteiger charge is -2.34. The minimum absolute atomic E-state index is 0.192. The van der Waals surface area contributed by atoms with Gasteiger partial charge in [0.05, 0.1) is 12.7 Å². The Morgan fingerprint density at radius 3 is 2.54 bits per heavy atom. The zero-order chi connectivity index (χ0) is 27.0. The maximum absolute atomic E-state index is 13.6. The summed E-state index contributed by atoms with van der Waals surface area (Å²) in [6.07, 6.45) is 2.58. The van der Waals surface area contributed by atoms with Gasteiger partial charge in [0.1, 0.15) is 11.6 Å². The molecule has 4 rings (SSSR count). The molecule has 2 aromatic heterocycles. The molecule has 0 aliphatic carbocycles. The first-order chi connectivity index (χ1) is 17.5. The van der Waals surface area contributed by atoms with E-state index < -0.39 is 15.9 Å². The number of para-hydroxylation sites is 1. The van der Waals surface area contributed by atoms with Crippen LogP contribution < -0.4 is 9.64 Å². The summed E-state index contributed by atoms with van der Waals surface area (Å²) in [5.41, 5.74) is 1.49. The van der Waals surface area contributed by atoms with Gasteiger partial charge in [-0.15, -0.1) is 0 Å². The molecule has 0 bridgehead atoms. The van der Waals surface area contributed by atoms with Gasteiger partial charge in [-0.1, -0.05) is 38.1 Å². The first kappa shape index (κ1) is 26.6. The summed E-state index contributed by atoms with van der Waals surface area (Å²) in [5.74, 6) is 0.745. The number of benzene rings is 1. The number of nitrogens with zero attached hydrogens (tertiary/aromatic N) is 4. The predicted octanol–water partition coefficient (Wildman–Crippen LogP) is 4.72. The smallest absolute Gasteiger partial charge is 0.283 e. The van der Waals surface area contributed by atoms with Gasteiger partial charge in [0.15, 0.2) is 5.03 Å². The normalized spacial score (nSPS) is 17.9. The Balaban J connectivity index is 1.66. The lowest BCUT2D eigenvalue weighted by atomic mass is 9.96. The molecule has 3 heterocycles. The molecule has 0 saturated carbocycles. The Morgan fingerprint density at radius 1 is 1.14 bits per heavy atom. The number of anilines is 1. The molecule has 0 N–H and O–H groups in total. The van der Waals surface area contributed by atoms with Crippen molar-refractivity contribution in [3.05, 3.63) is 77.6 Å². The minimum atomic E-state index is -4.22. The Labute approximate surface area is 219 Å². The first-order valence-electron chi connectivity index (χ1n) is 12.3. The Hall–Kier alpha value is -3.46. The molecular weight excluding hydrogens is 488 g/mol. The Bertz CT molecular complexity index is 1410. The van der Waals surface area contributed by atoms with Gasteiger partial charge in [0.2, 0.25) is 0 Å². The summed E-state index contributed by atoms with van der Waals surface area (Å²) in [5, 5.41) is -0.192. The fourth-order valence-corrected chi connectivity index (χ4v) is 6.23. The van der Waals surface area contributed by atoms with Crippen LogP contribution in [0.2, 0.25) is 0 Å². The van der Waals surface area contributed by atoms with Crippen molar-refractivity contribution in [3.8, 4) is 5.75 Å². The molecule has 196 valence electrons. The molecule has 0 radical (unpaired) electrons. The highest BCUT2D eigenvalue weighted by molar-refractivity contribution is 7.89. The molecule has 1 aromatic carbocycles. The topological polar surface area (TPSA) is 92.7 Å². The number of rotatable bonds is 7. The largest absolute Gasteiger partial charge is 0.496 e. The summed E-state index contributed by atoms with van der Waals surface area (Å²) < 4.78 is 33.4. The van der Waals surface area contributed by atoms with Crippen LogP contribution in [0.1, 0.15) is 61.6 Å². The molecule has 2 unspecified atom stereocenters. The Kier molecular flexibility index (Phi) is 7.28. The average molecular weight is 523 g/mol. The number of carbonyl (C=O) groups is 1. The number of carbonyl (C=O) groups excluding carboxylic acids is 1. The first-order valence-corrected chi connectivity index (χ1v) is 13.8. The molecule has 1 aliphatic rings. The van der Waals surface area contributed by atoms with Crippen molar-refractivity contribution >= 4 is 21.7 Å².